The number of likely N-dealkylation sites (N-methyl/N-ethyl adjacent to an activating group) is 3. The number of carbonyl (C=O) groups is 3. The van der Waals surface area contributed by atoms with Crippen LogP contribution in [0.15, 0.2) is 76.1 Å². The Morgan fingerprint density at radius 2 is 1.29 bits per heavy atom. The highest BCUT2D eigenvalue weighted by Crippen LogP contribution is 2.19. The smallest absolute Gasteiger partial charge is 0.335 e. The number of aromatic carboxylic acids is 1. The highest BCUT2D eigenvalue weighted by atomic mass is 16.4. The van der Waals surface area contributed by atoms with E-state index in [-0.39, 0.29) is 17.2 Å². The highest BCUT2D eigenvalue weighted by molar-refractivity contribution is 5.89. The molecule has 14 heteroatoms. The van der Waals surface area contributed by atoms with E-state index in [0.717, 1.165) is 71.0 Å². The van der Waals surface area contributed by atoms with E-state index in [2.05, 4.69) is 47.5 Å². The second-order valence-electron chi connectivity index (χ2n) is 13.6. The number of aromatic nitrogens is 1. The summed E-state index contributed by atoms with van der Waals surface area (Å²) in [6, 6.07) is 17.4. The van der Waals surface area contributed by atoms with Gasteiger partial charge in [-0.2, -0.15) is 0 Å². The number of hydrogen-bond donors (Lipinski definition) is 4. The lowest BCUT2D eigenvalue weighted by molar-refractivity contribution is -0.123. The first kappa shape index (κ1) is 43.0. The fraction of sp³-hybridized carbons (Fsp3) is 0.488. The van der Waals surface area contributed by atoms with Crippen LogP contribution >= 0.6 is 0 Å². The average molecular weight is 759 g/mol. The van der Waals surface area contributed by atoms with Crippen molar-refractivity contribution in [1.82, 2.24) is 40.5 Å². The van der Waals surface area contributed by atoms with E-state index in [1.807, 2.05) is 38.1 Å². The lowest BCUT2D eigenvalue weighted by Gasteiger charge is -2.29. The van der Waals surface area contributed by atoms with Crippen LogP contribution < -0.4 is 21.4 Å². The van der Waals surface area contributed by atoms with Crippen molar-refractivity contribution in [3.8, 4) is 0 Å². The zero-order chi connectivity index (χ0) is 39.4. The second-order valence-corrected chi connectivity index (χ2v) is 13.6. The Bertz CT molecular complexity index is 1860. The summed E-state index contributed by atoms with van der Waals surface area (Å²) >= 11 is 0. The quantitative estimate of drug-likeness (QED) is 0.117. The number of fused-ring (bicyclic) bond motifs is 2. The number of carboxylic acid groups (broad SMARTS) is 1. The predicted octanol–water partition coefficient (Wildman–Crippen LogP) is 2.72. The summed E-state index contributed by atoms with van der Waals surface area (Å²) in [5.74, 6) is -0.811. The third-order valence-electron chi connectivity index (χ3n) is 9.41. The highest BCUT2D eigenvalue weighted by Gasteiger charge is 2.19. The number of rotatable bonds is 13. The number of nitrogens with one attached hydrogen (secondary N) is 3. The van der Waals surface area contributed by atoms with Crippen LogP contribution in [0, 0.1) is 0 Å². The molecule has 298 valence electrons. The molecule has 4 aromatic rings. The molecule has 0 bridgehead atoms. The standard InChI is InChI=1S/C34H52N8O4.C7H6O2/c1-4-35-12-15-39-13-9-14-40(25-32(43)36-5-2)18-19-41(20-21-42(17-16-39)26-33(44)37-6-3)24-27-22-31-29(23-38-27)34(45)28-10-7-8-11-30(28)46-31;8-7(9)6-4-2-1-3-5-6/h7-8,10-11,22-23,35H,4-6,9,12-21,24-26H2,1-3H3,(H,36,43)(H,37,44);1-5H,(H,8,9). The average Bonchev–Trinajstić information content (AvgIpc) is 3.19. The molecule has 2 amide bonds. The molecule has 0 atom stereocenters. The van der Waals surface area contributed by atoms with Crippen molar-refractivity contribution in [2.24, 2.45) is 0 Å². The van der Waals surface area contributed by atoms with Gasteiger partial charge < -0.3 is 30.4 Å². The van der Waals surface area contributed by atoms with Gasteiger partial charge in [0, 0.05) is 84.3 Å². The van der Waals surface area contributed by atoms with Crippen molar-refractivity contribution in [3.63, 3.8) is 0 Å². The summed E-state index contributed by atoms with van der Waals surface area (Å²) < 4.78 is 6.12. The Labute approximate surface area is 323 Å². The Morgan fingerprint density at radius 3 is 1.91 bits per heavy atom. The van der Waals surface area contributed by atoms with E-state index in [1.54, 1.807) is 42.6 Å². The molecule has 1 aliphatic heterocycles. The zero-order valence-electron chi connectivity index (χ0n) is 32.6. The van der Waals surface area contributed by atoms with Gasteiger partial charge in [-0.1, -0.05) is 37.3 Å². The minimum atomic E-state index is -0.879. The van der Waals surface area contributed by atoms with Gasteiger partial charge in [0.2, 0.25) is 17.2 Å². The Kier molecular flexibility index (Phi) is 18.2. The minimum absolute atomic E-state index is 0.0316. The fourth-order valence-corrected chi connectivity index (χ4v) is 6.47. The molecule has 0 radical (unpaired) electrons. The third kappa shape index (κ3) is 14.5. The zero-order valence-corrected chi connectivity index (χ0v) is 32.6. The molecule has 3 heterocycles. The molecular weight excluding hydrogens is 701 g/mol. The van der Waals surface area contributed by atoms with Gasteiger partial charge in [-0.15, -0.1) is 0 Å². The van der Waals surface area contributed by atoms with Crippen LogP contribution in [-0.2, 0) is 16.1 Å². The minimum Gasteiger partial charge on any atom is -0.478 e. The normalized spacial score (nSPS) is 15.6. The second kappa shape index (κ2) is 23.2. The third-order valence-corrected chi connectivity index (χ3v) is 9.41. The molecule has 0 aliphatic carbocycles. The molecule has 0 spiro atoms. The van der Waals surface area contributed by atoms with Gasteiger partial charge >= 0.3 is 5.97 Å². The first-order valence-electron chi connectivity index (χ1n) is 19.4. The molecule has 1 saturated heterocycles. The van der Waals surface area contributed by atoms with Crippen LogP contribution in [0.4, 0.5) is 0 Å². The fourth-order valence-electron chi connectivity index (χ4n) is 6.47. The van der Waals surface area contributed by atoms with Crippen molar-refractivity contribution in [3.05, 3.63) is 88.3 Å². The van der Waals surface area contributed by atoms with Crippen molar-refractivity contribution in [1.29, 1.82) is 0 Å². The molecule has 0 saturated carbocycles. The van der Waals surface area contributed by atoms with E-state index in [9.17, 15) is 19.2 Å². The summed E-state index contributed by atoms with van der Waals surface area (Å²) in [5, 5.41) is 18.7. The first-order chi connectivity index (χ1) is 26.7. The predicted molar refractivity (Wildman–Crippen MR) is 216 cm³/mol. The van der Waals surface area contributed by atoms with Gasteiger partial charge in [0.1, 0.15) is 11.2 Å². The number of carboxylic acids is 1. The molecule has 1 fully saturated rings. The summed E-state index contributed by atoms with van der Waals surface area (Å²) in [6.07, 6.45) is 2.56. The van der Waals surface area contributed by atoms with Gasteiger partial charge in [-0.3, -0.25) is 34.1 Å². The lowest BCUT2D eigenvalue weighted by Crippen LogP contribution is -2.45. The monoisotopic (exact) mass is 758 g/mol. The number of carbonyl (C=O) groups excluding carboxylic acids is 2. The molecule has 14 nitrogen and oxygen atoms in total. The topological polar surface area (TPSA) is 164 Å². The molecule has 55 heavy (non-hydrogen) atoms. The van der Waals surface area contributed by atoms with Crippen molar-refractivity contribution in [2.45, 2.75) is 33.7 Å². The van der Waals surface area contributed by atoms with E-state index in [4.69, 9.17) is 9.52 Å². The Balaban J connectivity index is 0.000000654. The largest absolute Gasteiger partial charge is 0.478 e. The number of hydrogen-bond acceptors (Lipinski definition) is 11. The van der Waals surface area contributed by atoms with E-state index in [1.165, 1.54) is 0 Å². The Hall–Kier alpha value is -4.73. The molecule has 4 N–H and O–H groups in total. The maximum absolute atomic E-state index is 13.1. The van der Waals surface area contributed by atoms with Crippen LogP contribution in [0.3, 0.4) is 0 Å². The van der Waals surface area contributed by atoms with Gasteiger partial charge in [-0.05, 0) is 64.2 Å². The lowest BCUT2D eigenvalue weighted by atomic mass is 10.1. The molecule has 2 aromatic heterocycles. The number of benzene rings is 2. The van der Waals surface area contributed by atoms with Gasteiger partial charge in [-0.25, -0.2) is 4.79 Å². The van der Waals surface area contributed by atoms with Crippen LogP contribution in [0.5, 0.6) is 0 Å². The van der Waals surface area contributed by atoms with Crippen LogP contribution in [0.1, 0.15) is 43.2 Å². The summed E-state index contributed by atoms with van der Waals surface area (Å²) in [5.41, 5.74) is 2.13. The van der Waals surface area contributed by atoms with E-state index >= 15 is 0 Å². The maximum atomic E-state index is 13.1. The van der Waals surface area contributed by atoms with E-state index in [0.29, 0.717) is 73.3 Å². The SMILES string of the molecule is CCNCCN1CCCN(CC(=O)NCC)CCN(Cc2cc3oc4ccccc4c(=O)c3cn2)CCN(CC(=O)NCC)CC1.O=C(O)c1ccccc1. The van der Waals surface area contributed by atoms with Crippen molar-refractivity contribution < 1.29 is 23.9 Å². The summed E-state index contributed by atoms with van der Waals surface area (Å²) in [4.78, 5) is 62.5. The number of nitrogens with zero attached hydrogens (tertiary/aromatic N) is 5. The molecule has 0 unspecified atom stereocenters. The molecule has 5 rings (SSSR count). The molecule has 1 aliphatic rings. The van der Waals surface area contributed by atoms with Crippen molar-refractivity contribution in [2.75, 3.05) is 98.2 Å². The number of pyridine rings is 1. The van der Waals surface area contributed by atoms with Gasteiger partial charge in [0.15, 0.2) is 0 Å². The number of para-hydroxylation sites is 1. The molecule has 2 aromatic carbocycles. The first-order valence-corrected chi connectivity index (χ1v) is 19.4. The summed E-state index contributed by atoms with van der Waals surface area (Å²) in [6.45, 7) is 17.5. The molecular formula is C41H58N8O6. The van der Waals surface area contributed by atoms with E-state index < -0.39 is 5.97 Å². The van der Waals surface area contributed by atoms with Crippen LogP contribution in [-0.4, -0.2) is 146 Å². The van der Waals surface area contributed by atoms with Crippen molar-refractivity contribution >= 4 is 39.7 Å². The van der Waals surface area contributed by atoms with Crippen LogP contribution in [0.2, 0.25) is 0 Å². The van der Waals surface area contributed by atoms with Gasteiger partial charge in [0.25, 0.3) is 0 Å². The van der Waals surface area contributed by atoms with Crippen LogP contribution in [0.25, 0.3) is 21.9 Å². The Morgan fingerprint density at radius 1 is 0.709 bits per heavy atom. The number of amides is 2. The summed E-state index contributed by atoms with van der Waals surface area (Å²) in [7, 11) is 0. The maximum Gasteiger partial charge on any atom is 0.335 e. The van der Waals surface area contributed by atoms with Gasteiger partial charge in [0.05, 0.1) is 35.1 Å².